The third-order valence-electron chi connectivity index (χ3n) is 10.3. The fourth-order valence-corrected chi connectivity index (χ4v) is 6.24. The maximum Gasteiger partial charge on any atom is 0.361 e. The highest BCUT2D eigenvalue weighted by atomic mass is 16.7. The molecule has 0 fully saturated rings. The molecule has 0 aromatic carbocycles. The molecular formula is C62H96NO8+. The smallest absolute Gasteiger partial charge is 0.361 e. The molecule has 0 aliphatic rings. The van der Waals surface area contributed by atoms with Crippen LogP contribution in [0.5, 0.6) is 0 Å². The van der Waals surface area contributed by atoms with Gasteiger partial charge in [0.15, 0.2) is 6.10 Å². The van der Waals surface area contributed by atoms with E-state index in [-0.39, 0.29) is 32.7 Å². The Kier molecular flexibility index (Phi) is 47.6. The number of hydrogen-bond donors (Lipinski definition) is 1. The second-order valence-electron chi connectivity index (χ2n) is 18.1. The Bertz CT molecular complexity index is 1710. The van der Waals surface area contributed by atoms with Crippen LogP contribution < -0.4 is 0 Å². The molecule has 0 aliphatic heterocycles. The maximum absolute atomic E-state index is 12.8. The molecule has 0 saturated heterocycles. The van der Waals surface area contributed by atoms with Crippen molar-refractivity contribution in [1.29, 1.82) is 0 Å². The fourth-order valence-electron chi connectivity index (χ4n) is 6.24. The number of nitrogens with zero attached hydrogens (tertiary/aromatic N) is 1. The molecule has 2 atom stereocenters. The Morgan fingerprint density at radius 1 is 0.423 bits per heavy atom. The molecule has 0 rings (SSSR count). The van der Waals surface area contributed by atoms with Crippen molar-refractivity contribution in [3.05, 3.63) is 158 Å². The number of carbonyl (C=O) groups excluding carboxylic acids is 2. The number of hydrogen-bond acceptors (Lipinski definition) is 7. The van der Waals surface area contributed by atoms with Crippen LogP contribution in [0.15, 0.2) is 158 Å². The highest BCUT2D eigenvalue weighted by Crippen LogP contribution is 2.10. The zero-order chi connectivity index (χ0) is 52.0. The van der Waals surface area contributed by atoms with Gasteiger partial charge in [-0.25, -0.2) is 4.79 Å². The lowest BCUT2D eigenvalue weighted by Crippen LogP contribution is -2.40. The first-order chi connectivity index (χ1) is 34.6. The van der Waals surface area contributed by atoms with Crippen LogP contribution in [0.2, 0.25) is 0 Å². The lowest BCUT2D eigenvalue weighted by molar-refractivity contribution is -0.870. The summed E-state index contributed by atoms with van der Waals surface area (Å²) in [7, 11) is 5.92. The lowest BCUT2D eigenvalue weighted by atomic mass is 10.1. The van der Waals surface area contributed by atoms with Crippen LogP contribution in [0.25, 0.3) is 0 Å². The highest BCUT2D eigenvalue weighted by molar-refractivity contribution is 5.71. The van der Waals surface area contributed by atoms with Crippen LogP contribution >= 0.6 is 0 Å². The summed E-state index contributed by atoms with van der Waals surface area (Å²) in [4.78, 5) is 37.3. The third kappa shape index (κ3) is 52.6. The number of carboxylic acid groups (broad SMARTS) is 1. The molecule has 0 aromatic rings. The Balaban J connectivity index is 4.53. The van der Waals surface area contributed by atoms with Crippen LogP contribution in [0, 0.1) is 0 Å². The number of likely N-dealkylation sites (N-methyl/N-ethyl adjacent to an activating group) is 1. The summed E-state index contributed by atoms with van der Waals surface area (Å²) >= 11 is 0. The largest absolute Gasteiger partial charge is 0.477 e. The number of rotatable bonds is 46. The molecule has 71 heavy (non-hydrogen) atoms. The van der Waals surface area contributed by atoms with E-state index in [1.54, 1.807) is 0 Å². The zero-order valence-electron chi connectivity index (χ0n) is 44.8. The third-order valence-corrected chi connectivity index (χ3v) is 10.3. The number of quaternary nitrogens is 1. The predicted molar refractivity (Wildman–Crippen MR) is 299 cm³/mol. The summed E-state index contributed by atoms with van der Waals surface area (Å²) in [5, 5.41) is 9.68. The molecule has 396 valence electrons. The average molecular weight is 983 g/mol. The van der Waals surface area contributed by atoms with Crippen molar-refractivity contribution < 1.29 is 42.9 Å². The van der Waals surface area contributed by atoms with Gasteiger partial charge in [0.25, 0.3) is 6.29 Å². The van der Waals surface area contributed by atoms with Gasteiger partial charge in [0, 0.05) is 12.8 Å². The SMILES string of the molecule is CC/C=C\C/C=C\C/C=C\C/C=C\C/C=C\C/C=C\C/C=C\CCCC(=O)OC(COC(=O)CCCCCC/C=C\C/C=C\C/C=C\C/C=C\C/C=C\C/C=C\CC)COC(OCC[N+](C)(C)C)C(=O)O. The Hall–Kier alpha value is -5.09. The summed E-state index contributed by atoms with van der Waals surface area (Å²) in [6, 6.07) is 0. The van der Waals surface area contributed by atoms with Crippen LogP contribution in [0.3, 0.4) is 0 Å². The maximum atomic E-state index is 12.8. The van der Waals surface area contributed by atoms with Gasteiger partial charge in [0.2, 0.25) is 0 Å². The van der Waals surface area contributed by atoms with Gasteiger partial charge in [-0.2, -0.15) is 0 Å². The standard InChI is InChI=1S/C62H95NO8/c1-6-8-10-12-14-16-18-20-22-24-26-28-30-32-34-36-38-40-42-44-46-48-50-52-59(64)69-56-58(57-70-62(61(66)67)68-55-54-63(3,4)5)71-60(65)53-51-49-47-45-43-41-39-37-35-33-31-29-27-25-23-21-19-17-15-13-11-9-7-2/h8-11,14-17,20-23,26-29,32-35,38-41,45,47,58,62H,6-7,12-13,18-19,24-25,30-31,36-37,42-44,46,48-57H2,1-5H3/p+1/b10-8-,11-9-,16-14-,17-15-,22-20-,23-21-,28-26-,29-27-,34-32-,35-33-,40-38-,41-39-,47-45-. The number of ether oxygens (including phenoxy) is 4. The van der Waals surface area contributed by atoms with E-state index in [1.807, 2.05) is 27.2 Å². The van der Waals surface area contributed by atoms with Gasteiger partial charge in [-0.1, -0.05) is 185 Å². The van der Waals surface area contributed by atoms with Crippen LogP contribution in [-0.4, -0.2) is 87.4 Å². The lowest BCUT2D eigenvalue weighted by Gasteiger charge is -2.25. The highest BCUT2D eigenvalue weighted by Gasteiger charge is 2.25. The van der Waals surface area contributed by atoms with Gasteiger partial charge >= 0.3 is 17.9 Å². The molecule has 9 nitrogen and oxygen atoms in total. The average Bonchev–Trinajstić information content (AvgIpc) is 3.34. The van der Waals surface area contributed by atoms with Crippen molar-refractivity contribution in [2.75, 3.05) is 47.5 Å². The molecule has 0 amide bonds. The summed E-state index contributed by atoms with van der Waals surface area (Å²) < 4.78 is 22.7. The first-order valence-electron chi connectivity index (χ1n) is 26.6. The van der Waals surface area contributed by atoms with Gasteiger partial charge in [0.1, 0.15) is 13.2 Å². The summed E-state index contributed by atoms with van der Waals surface area (Å²) in [6.45, 7) is 4.51. The number of carbonyl (C=O) groups is 3. The Labute approximate surface area is 432 Å². The molecule has 0 heterocycles. The molecule has 0 aromatic heterocycles. The van der Waals surface area contributed by atoms with Gasteiger partial charge in [0.05, 0.1) is 34.4 Å². The number of esters is 2. The number of carboxylic acids is 1. The van der Waals surface area contributed by atoms with Crippen molar-refractivity contribution in [1.82, 2.24) is 0 Å². The summed E-state index contributed by atoms with van der Waals surface area (Å²) in [5.41, 5.74) is 0. The van der Waals surface area contributed by atoms with Crippen molar-refractivity contribution in [2.24, 2.45) is 0 Å². The monoisotopic (exact) mass is 983 g/mol. The van der Waals surface area contributed by atoms with E-state index in [0.717, 1.165) is 109 Å². The van der Waals surface area contributed by atoms with Gasteiger partial charge < -0.3 is 28.5 Å². The van der Waals surface area contributed by atoms with Crippen molar-refractivity contribution in [3.8, 4) is 0 Å². The summed E-state index contributed by atoms with van der Waals surface area (Å²) in [6.07, 6.45) is 73.2. The van der Waals surface area contributed by atoms with E-state index in [1.165, 1.54) is 0 Å². The molecule has 2 unspecified atom stereocenters. The molecule has 0 saturated carbocycles. The molecule has 0 bridgehead atoms. The summed E-state index contributed by atoms with van der Waals surface area (Å²) in [5.74, 6) is -2.15. The normalized spacial score (nSPS) is 14.1. The Morgan fingerprint density at radius 2 is 0.775 bits per heavy atom. The molecule has 0 radical (unpaired) electrons. The van der Waals surface area contributed by atoms with E-state index < -0.39 is 30.3 Å². The minimum absolute atomic E-state index is 0.162. The van der Waals surface area contributed by atoms with E-state index in [4.69, 9.17) is 18.9 Å². The fraction of sp³-hybridized carbons (Fsp3) is 0.532. The van der Waals surface area contributed by atoms with E-state index >= 15 is 0 Å². The van der Waals surface area contributed by atoms with E-state index in [2.05, 4.69) is 166 Å². The van der Waals surface area contributed by atoms with Crippen LogP contribution in [-0.2, 0) is 33.3 Å². The number of allylic oxidation sites excluding steroid dienone is 26. The van der Waals surface area contributed by atoms with E-state index in [9.17, 15) is 19.5 Å². The number of aliphatic carboxylic acids is 1. The van der Waals surface area contributed by atoms with E-state index in [0.29, 0.717) is 30.3 Å². The van der Waals surface area contributed by atoms with Gasteiger partial charge in [-0.05, 0) is 116 Å². The molecule has 0 aliphatic carbocycles. The number of unbranched alkanes of at least 4 members (excludes halogenated alkanes) is 5. The quantitative estimate of drug-likeness (QED) is 0.0211. The van der Waals surface area contributed by atoms with Crippen molar-refractivity contribution in [3.63, 3.8) is 0 Å². The van der Waals surface area contributed by atoms with Crippen molar-refractivity contribution in [2.45, 2.75) is 167 Å². The van der Waals surface area contributed by atoms with Gasteiger partial charge in [-0.15, -0.1) is 0 Å². The molecule has 9 heteroatoms. The Morgan fingerprint density at radius 3 is 1.15 bits per heavy atom. The minimum atomic E-state index is -1.54. The van der Waals surface area contributed by atoms with Crippen molar-refractivity contribution >= 4 is 17.9 Å². The topological polar surface area (TPSA) is 108 Å². The second-order valence-corrected chi connectivity index (χ2v) is 18.1. The molecule has 1 N–H and O–H groups in total. The zero-order valence-corrected chi connectivity index (χ0v) is 44.8. The minimum Gasteiger partial charge on any atom is -0.477 e. The predicted octanol–water partition coefficient (Wildman–Crippen LogP) is 15.4. The second kappa shape index (κ2) is 51.3. The van der Waals surface area contributed by atoms with Gasteiger partial charge in [-0.3, -0.25) is 9.59 Å². The van der Waals surface area contributed by atoms with Crippen LogP contribution in [0.1, 0.15) is 155 Å². The molecule has 0 spiro atoms. The molecular weight excluding hydrogens is 887 g/mol. The van der Waals surface area contributed by atoms with Crippen LogP contribution in [0.4, 0.5) is 0 Å². The first kappa shape index (κ1) is 65.9. The first-order valence-corrected chi connectivity index (χ1v) is 26.6.